The van der Waals surface area contributed by atoms with Crippen molar-refractivity contribution in [2.24, 2.45) is 0 Å². The molecule has 0 unspecified atom stereocenters. The van der Waals surface area contributed by atoms with Crippen molar-refractivity contribution in [3.8, 4) is 5.75 Å². The number of esters is 1. The first-order valence-corrected chi connectivity index (χ1v) is 4.92. The molecule has 2 aromatic rings. The number of H-pyrrole nitrogens is 1. The number of aryl methyl sites for hydroxylation is 1. The molecule has 1 heterocycles. The fraction of sp³-hybridized carbons (Fsp3) is 0.250. The quantitative estimate of drug-likeness (QED) is 0.788. The van der Waals surface area contributed by atoms with Gasteiger partial charge < -0.3 is 14.5 Å². The van der Waals surface area contributed by atoms with E-state index >= 15 is 0 Å². The lowest BCUT2D eigenvalue weighted by atomic mass is 10.1. The maximum atomic E-state index is 11.6. The van der Waals surface area contributed by atoms with Crippen molar-refractivity contribution in [3.05, 3.63) is 29.5 Å². The molecule has 0 aliphatic heterocycles. The van der Waals surface area contributed by atoms with Crippen molar-refractivity contribution in [2.75, 3.05) is 14.2 Å². The van der Waals surface area contributed by atoms with Crippen LogP contribution >= 0.6 is 0 Å². The molecule has 4 heteroatoms. The largest absolute Gasteiger partial charge is 0.496 e. The molecule has 0 saturated carbocycles. The van der Waals surface area contributed by atoms with Gasteiger partial charge in [-0.25, -0.2) is 4.79 Å². The lowest BCUT2D eigenvalue weighted by Crippen LogP contribution is -2.00. The molecule has 0 fully saturated rings. The van der Waals surface area contributed by atoms with Gasteiger partial charge in [-0.15, -0.1) is 0 Å². The third-order valence-electron chi connectivity index (χ3n) is 2.61. The van der Waals surface area contributed by atoms with Gasteiger partial charge in [-0.3, -0.25) is 0 Å². The van der Waals surface area contributed by atoms with Crippen LogP contribution in [0.15, 0.2) is 18.3 Å². The van der Waals surface area contributed by atoms with Crippen molar-refractivity contribution in [1.29, 1.82) is 0 Å². The minimum Gasteiger partial charge on any atom is -0.496 e. The van der Waals surface area contributed by atoms with E-state index in [9.17, 15) is 4.79 Å². The van der Waals surface area contributed by atoms with E-state index in [2.05, 4.69) is 4.98 Å². The van der Waals surface area contributed by atoms with Crippen molar-refractivity contribution in [1.82, 2.24) is 4.98 Å². The molecule has 4 nitrogen and oxygen atoms in total. The predicted octanol–water partition coefficient (Wildman–Crippen LogP) is 2.27. The lowest BCUT2D eigenvalue weighted by molar-refractivity contribution is 0.0603. The maximum Gasteiger partial charge on any atom is 0.340 e. The molecule has 0 radical (unpaired) electrons. The molecule has 0 aliphatic carbocycles. The molecule has 0 bridgehead atoms. The van der Waals surface area contributed by atoms with E-state index in [0.29, 0.717) is 11.3 Å². The standard InChI is InChI=1S/C12H13NO3/c1-7-4-5-9-10(11(7)15-2)8(6-13-9)12(14)16-3/h4-6,13H,1-3H3. The summed E-state index contributed by atoms with van der Waals surface area (Å²) in [5.41, 5.74) is 2.35. The SMILES string of the molecule is COC(=O)c1c[nH]c2ccc(C)c(OC)c12. The number of rotatable bonds is 2. The smallest absolute Gasteiger partial charge is 0.340 e. The number of carbonyl (C=O) groups excluding carboxylic acids is 1. The highest BCUT2D eigenvalue weighted by molar-refractivity contribution is 6.07. The Morgan fingerprint density at radius 3 is 2.69 bits per heavy atom. The zero-order valence-corrected chi connectivity index (χ0v) is 9.46. The van der Waals surface area contributed by atoms with Gasteiger partial charge in [0.1, 0.15) is 5.75 Å². The molecule has 0 atom stereocenters. The summed E-state index contributed by atoms with van der Waals surface area (Å²) in [7, 11) is 2.96. The maximum absolute atomic E-state index is 11.6. The molecule has 2 rings (SSSR count). The number of hydrogen-bond donors (Lipinski definition) is 1. The first kappa shape index (κ1) is 10.5. The van der Waals surface area contributed by atoms with E-state index in [1.807, 2.05) is 19.1 Å². The normalized spacial score (nSPS) is 10.4. The van der Waals surface area contributed by atoms with Crippen molar-refractivity contribution in [2.45, 2.75) is 6.92 Å². The van der Waals surface area contributed by atoms with Crippen LogP contribution in [0.4, 0.5) is 0 Å². The van der Waals surface area contributed by atoms with Gasteiger partial charge in [-0.05, 0) is 18.6 Å². The second-order valence-corrected chi connectivity index (χ2v) is 3.53. The molecule has 1 aromatic carbocycles. The molecule has 0 amide bonds. The highest BCUT2D eigenvalue weighted by Gasteiger charge is 2.17. The van der Waals surface area contributed by atoms with E-state index in [1.165, 1.54) is 7.11 Å². The number of aromatic amines is 1. The monoisotopic (exact) mass is 219 g/mol. The Balaban J connectivity index is 2.77. The first-order valence-electron chi connectivity index (χ1n) is 4.92. The van der Waals surface area contributed by atoms with Crippen LogP contribution in [0.3, 0.4) is 0 Å². The van der Waals surface area contributed by atoms with Gasteiger partial charge in [0.15, 0.2) is 0 Å². The molecule has 1 N–H and O–H groups in total. The van der Waals surface area contributed by atoms with Gasteiger partial charge in [0.05, 0.1) is 30.7 Å². The summed E-state index contributed by atoms with van der Waals surface area (Å²) < 4.78 is 10.1. The second-order valence-electron chi connectivity index (χ2n) is 3.53. The fourth-order valence-corrected chi connectivity index (χ4v) is 1.83. The van der Waals surface area contributed by atoms with E-state index < -0.39 is 0 Å². The molecule has 16 heavy (non-hydrogen) atoms. The van der Waals surface area contributed by atoms with Gasteiger partial charge in [-0.1, -0.05) is 6.07 Å². The topological polar surface area (TPSA) is 51.3 Å². The van der Waals surface area contributed by atoms with Gasteiger partial charge >= 0.3 is 5.97 Å². The first-order chi connectivity index (χ1) is 7.69. The Labute approximate surface area is 93.2 Å². The van der Waals surface area contributed by atoms with Gasteiger partial charge in [0.2, 0.25) is 0 Å². The highest BCUT2D eigenvalue weighted by Crippen LogP contribution is 2.32. The average molecular weight is 219 g/mol. The molecule has 0 aliphatic rings. The van der Waals surface area contributed by atoms with E-state index in [1.54, 1.807) is 13.3 Å². The molecule has 0 saturated heterocycles. The van der Waals surface area contributed by atoms with Crippen LogP contribution in [-0.4, -0.2) is 25.2 Å². The Morgan fingerprint density at radius 2 is 2.06 bits per heavy atom. The molecule has 84 valence electrons. The van der Waals surface area contributed by atoms with E-state index in [4.69, 9.17) is 9.47 Å². The van der Waals surface area contributed by atoms with E-state index in [0.717, 1.165) is 16.5 Å². The number of methoxy groups -OCH3 is 2. The molecule has 0 spiro atoms. The third kappa shape index (κ3) is 1.43. The van der Waals surface area contributed by atoms with Crippen LogP contribution < -0.4 is 4.74 Å². The molecular weight excluding hydrogens is 206 g/mol. The third-order valence-corrected chi connectivity index (χ3v) is 2.61. The highest BCUT2D eigenvalue weighted by atomic mass is 16.5. The van der Waals surface area contributed by atoms with Crippen LogP contribution in [0, 0.1) is 6.92 Å². The van der Waals surface area contributed by atoms with Crippen LogP contribution in [0.1, 0.15) is 15.9 Å². The zero-order valence-electron chi connectivity index (χ0n) is 9.46. The van der Waals surface area contributed by atoms with Gasteiger partial charge in [-0.2, -0.15) is 0 Å². The fourth-order valence-electron chi connectivity index (χ4n) is 1.83. The minimum atomic E-state index is -0.366. The summed E-state index contributed by atoms with van der Waals surface area (Å²) in [6.45, 7) is 1.94. The van der Waals surface area contributed by atoms with Crippen LogP contribution in [0.25, 0.3) is 10.9 Å². The summed E-state index contributed by atoms with van der Waals surface area (Å²) in [5, 5.41) is 0.773. The van der Waals surface area contributed by atoms with Crippen LogP contribution in [0.5, 0.6) is 5.75 Å². The van der Waals surface area contributed by atoms with Crippen molar-refractivity contribution < 1.29 is 14.3 Å². The Morgan fingerprint density at radius 1 is 1.31 bits per heavy atom. The van der Waals surface area contributed by atoms with E-state index in [-0.39, 0.29) is 5.97 Å². The number of fused-ring (bicyclic) bond motifs is 1. The second kappa shape index (κ2) is 3.89. The number of hydrogen-bond acceptors (Lipinski definition) is 3. The summed E-state index contributed by atoms with van der Waals surface area (Å²) in [5.74, 6) is 0.342. The predicted molar refractivity (Wildman–Crippen MR) is 60.9 cm³/mol. The average Bonchev–Trinajstić information content (AvgIpc) is 2.72. The Bertz CT molecular complexity index is 542. The summed E-state index contributed by atoms with van der Waals surface area (Å²) in [6.07, 6.45) is 1.64. The summed E-state index contributed by atoms with van der Waals surface area (Å²) in [4.78, 5) is 14.6. The van der Waals surface area contributed by atoms with Crippen molar-refractivity contribution in [3.63, 3.8) is 0 Å². The minimum absolute atomic E-state index is 0.366. The lowest BCUT2D eigenvalue weighted by Gasteiger charge is -2.07. The van der Waals surface area contributed by atoms with Crippen LogP contribution in [0.2, 0.25) is 0 Å². The molecular formula is C12H13NO3. The van der Waals surface area contributed by atoms with Gasteiger partial charge in [0, 0.05) is 6.20 Å². The number of benzene rings is 1. The number of aromatic nitrogens is 1. The van der Waals surface area contributed by atoms with Gasteiger partial charge in [0.25, 0.3) is 0 Å². The number of nitrogens with one attached hydrogen (secondary N) is 1. The number of ether oxygens (including phenoxy) is 2. The van der Waals surface area contributed by atoms with Crippen LogP contribution in [-0.2, 0) is 4.74 Å². The summed E-state index contributed by atoms with van der Waals surface area (Å²) >= 11 is 0. The Hall–Kier alpha value is -1.97. The number of carbonyl (C=O) groups is 1. The Kier molecular flexibility index (Phi) is 2.56. The zero-order chi connectivity index (χ0) is 11.7. The van der Waals surface area contributed by atoms with Crippen molar-refractivity contribution >= 4 is 16.9 Å². The molecule has 1 aromatic heterocycles. The summed E-state index contributed by atoms with van der Waals surface area (Å²) in [6, 6.07) is 3.86.